The molecule has 1 heterocycles. The molecule has 4 rings (SSSR count). The van der Waals surface area contributed by atoms with Crippen LogP contribution in [0.5, 0.6) is 0 Å². The summed E-state index contributed by atoms with van der Waals surface area (Å²) >= 11 is 0. The fourth-order valence-electron chi connectivity index (χ4n) is 3.58. The van der Waals surface area contributed by atoms with Gasteiger partial charge in [0, 0.05) is 11.6 Å². The smallest absolute Gasteiger partial charge is 0.313 e. The van der Waals surface area contributed by atoms with E-state index in [2.05, 4.69) is 0 Å². The normalized spacial score (nSPS) is 23.5. The highest BCUT2D eigenvalue weighted by atomic mass is 16.4. The van der Waals surface area contributed by atoms with Crippen molar-refractivity contribution in [3.8, 4) is 0 Å². The summed E-state index contributed by atoms with van der Waals surface area (Å²) in [6.07, 6.45) is 1.90. The summed E-state index contributed by atoms with van der Waals surface area (Å²) in [7, 11) is 0. The molecule has 1 amide bonds. The molecule has 2 atom stereocenters. The van der Waals surface area contributed by atoms with Crippen molar-refractivity contribution in [2.75, 3.05) is 0 Å². The van der Waals surface area contributed by atoms with Crippen LogP contribution in [0, 0.1) is 0 Å². The number of benzene rings is 2. The number of carbonyl (C=O) groups excluding carboxylic acids is 1. The zero-order valence-corrected chi connectivity index (χ0v) is 12.6. The van der Waals surface area contributed by atoms with Crippen LogP contribution in [0.3, 0.4) is 0 Å². The van der Waals surface area contributed by atoms with Gasteiger partial charge in [-0.25, -0.2) is 0 Å². The standard InChI is InChI=1S/C19H17NO3/c21-18-15-9-5-4-8-14(15)16(19(22)23)17(20(18)13-10-11-13)12-6-2-1-3-7-12/h1-9,13,16-17H,10-11H2,(H,22,23). The molecule has 0 radical (unpaired) electrons. The number of rotatable bonds is 3. The van der Waals surface area contributed by atoms with Gasteiger partial charge in [-0.3, -0.25) is 9.59 Å². The van der Waals surface area contributed by atoms with Gasteiger partial charge in [-0.15, -0.1) is 0 Å². The van der Waals surface area contributed by atoms with E-state index in [0.717, 1.165) is 18.4 Å². The van der Waals surface area contributed by atoms with E-state index in [0.29, 0.717) is 11.1 Å². The zero-order chi connectivity index (χ0) is 16.0. The second kappa shape index (κ2) is 5.23. The lowest BCUT2D eigenvalue weighted by Gasteiger charge is -2.41. The molecule has 0 saturated heterocycles. The number of hydrogen-bond acceptors (Lipinski definition) is 2. The second-order valence-electron chi connectivity index (χ2n) is 6.20. The van der Waals surface area contributed by atoms with Crippen molar-refractivity contribution in [2.24, 2.45) is 0 Å². The third-order valence-electron chi connectivity index (χ3n) is 4.72. The predicted molar refractivity (Wildman–Crippen MR) is 85.2 cm³/mol. The van der Waals surface area contributed by atoms with Crippen molar-refractivity contribution in [3.05, 3.63) is 71.3 Å². The van der Waals surface area contributed by atoms with Crippen molar-refractivity contribution in [3.63, 3.8) is 0 Å². The SMILES string of the molecule is O=C(O)C1c2ccccc2C(=O)N(C2CC2)C1c1ccccc1. The number of aliphatic carboxylic acids is 1. The zero-order valence-electron chi connectivity index (χ0n) is 12.6. The monoisotopic (exact) mass is 307 g/mol. The molecule has 1 aliphatic carbocycles. The molecule has 23 heavy (non-hydrogen) atoms. The average molecular weight is 307 g/mol. The summed E-state index contributed by atoms with van der Waals surface area (Å²) in [5.74, 6) is -1.66. The minimum Gasteiger partial charge on any atom is -0.481 e. The molecule has 1 aliphatic heterocycles. The molecule has 116 valence electrons. The van der Waals surface area contributed by atoms with Crippen LogP contribution in [-0.2, 0) is 4.79 Å². The molecular formula is C19H17NO3. The Morgan fingerprint density at radius 2 is 1.65 bits per heavy atom. The highest BCUT2D eigenvalue weighted by molar-refractivity contribution is 6.00. The number of carboxylic acids is 1. The van der Waals surface area contributed by atoms with Crippen molar-refractivity contribution < 1.29 is 14.7 Å². The van der Waals surface area contributed by atoms with Crippen LogP contribution in [0.15, 0.2) is 54.6 Å². The van der Waals surface area contributed by atoms with Gasteiger partial charge in [-0.05, 0) is 30.0 Å². The molecule has 2 aromatic carbocycles. The predicted octanol–water partition coefficient (Wildman–Crippen LogP) is 3.21. The Hall–Kier alpha value is -2.62. The lowest BCUT2D eigenvalue weighted by atomic mass is 9.79. The number of amides is 1. The van der Waals surface area contributed by atoms with Gasteiger partial charge in [-0.1, -0.05) is 48.5 Å². The Balaban J connectivity index is 1.93. The molecule has 2 aromatic rings. The van der Waals surface area contributed by atoms with Crippen LogP contribution >= 0.6 is 0 Å². The first-order valence-corrected chi connectivity index (χ1v) is 7.88. The van der Waals surface area contributed by atoms with E-state index in [1.807, 2.05) is 30.3 Å². The Morgan fingerprint density at radius 3 is 2.30 bits per heavy atom. The lowest BCUT2D eigenvalue weighted by Crippen LogP contribution is -2.46. The molecule has 1 N–H and O–H groups in total. The van der Waals surface area contributed by atoms with E-state index in [9.17, 15) is 14.7 Å². The highest BCUT2D eigenvalue weighted by Crippen LogP contribution is 2.47. The average Bonchev–Trinajstić information content (AvgIpc) is 3.40. The maximum Gasteiger partial charge on any atom is 0.313 e. The van der Waals surface area contributed by atoms with Gasteiger partial charge < -0.3 is 10.0 Å². The first kappa shape index (κ1) is 14.0. The van der Waals surface area contributed by atoms with Crippen LogP contribution in [0.1, 0.15) is 46.3 Å². The van der Waals surface area contributed by atoms with Gasteiger partial charge >= 0.3 is 5.97 Å². The number of carbonyl (C=O) groups is 2. The van der Waals surface area contributed by atoms with Gasteiger partial charge in [0.1, 0.15) is 5.92 Å². The third-order valence-corrected chi connectivity index (χ3v) is 4.72. The first-order chi connectivity index (χ1) is 11.2. The molecule has 0 aromatic heterocycles. The third kappa shape index (κ3) is 2.22. The fourth-order valence-corrected chi connectivity index (χ4v) is 3.58. The largest absolute Gasteiger partial charge is 0.481 e. The molecule has 2 aliphatic rings. The maximum atomic E-state index is 13.0. The Bertz CT molecular complexity index is 767. The van der Waals surface area contributed by atoms with Gasteiger partial charge in [-0.2, -0.15) is 0 Å². The van der Waals surface area contributed by atoms with Crippen LogP contribution in [0.4, 0.5) is 0 Å². The van der Waals surface area contributed by atoms with E-state index in [-0.39, 0.29) is 11.9 Å². The maximum absolute atomic E-state index is 13.0. The molecular weight excluding hydrogens is 290 g/mol. The summed E-state index contributed by atoms with van der Waals surface area (Å²) in [6.45, 7) is 0. The van der Waals surface area contributed by atoms with Gasteiger partial charge in [0.25, 0.3) is 5.91 Å². The Kier molecular flexibility index (Phi) is 3.18. The van der Waals surface area contributed by atoms with Crippen molar-refractivity contribution in [1.29, 1.82) is 0 Å². The summed E-state index contributed by atoms with van der Waals surface area (Å²) in [5, 5.41) is 9.89. The van der Waals surface area contributed by atoms with E-state index in [1.54, 1.807) is 29.2 Å². The van der Waals surface area contributed by atoms with Crippen LogP contribution < -0.4 is 0 Å². The fraction of sp³-hybridized carbons (Fsp3) is 0.263. The minimum atomic E-state index is -0.885. The molecule has 1 saturated carbocycles. The summed E-state index contributed by atoms with van der Waals surface area (Å²) in [6, 6.07) is 16.3. The summed E-state index contributed by atoms with van der Waals surface area (Å²) in [5.41, 5.74) is 2.03. The number of carboxylic acid groups (broad SMARTS) is 1. The van der Waals surface area contributed by atoms with E-state index >= 15 is 0 Å². The van der Waals surface area contributed by atoms with E-state index < -0.39 is 17.9 Å². The second-order valence-corrected chi connectivity index (χ2v) is 6.20. The minimum absolute atomic E-state index is 0.0468. The first-order valence-electron chi connectivity index (χ1n) is 7.88. The van der Waals surface area contributed by atoms with Gasteiger partial charge in [0.05, 0.1) is 6.04 Å². The van der Waals surface area contributed by atoms with Crippen LogP contribution in [0.25, 0.3) is 0 Å². The van der Waals surface area contributed by atoms with Gasteiger partial charge in [0.2, 0.25) is 0 Å². The molecule has 1 fully saturated rings. The lowest BCUT2D eigenvalue weighted by molar-refractivity contribution is -0.140. The molecule has 0 bridgehead atoms. The number of nitrogens with zero attached hydrogens (tertiary/aromatic N) is 1. The highest BCUT2D eigenvalue weighted by Gasteiger charge is 2.49. The quantitative estimate of drug-likeness (QED) is 0.947. The topological polar surface area (TPSA) is 57.6 Å². The summed E-state index contributed by atoms with van der Waals surface area (Å²) in [4.78, 5) is 26.8. The summed E-state index contributed by atoms with van der Waals surface area (Å²) < 4.78 is 0. The Labute approximate surface area is 134 Å². The molecule has 2 unspecified atom stereocenters. The van der Waals surface area contributed by atoms with Crippen molar-refractivity contribution in [2.45, 2.75) is 30.8 Å². The molecule has 4 heteroatoms. The molecule has 4 nitrogen and oxygen atoms in total. The van der Waals surface area contributed by atoms with Crippen molar-refractivity contribution >= 4 is 11.9 Å². The van der Waals surface area contributed by atoms with Crippen LogP contribution in [-0.4, -0.2) is 27.9 Å². The Morgan fingerprint density at radius 1 is 1.00 bits per heavy atom. The van der Waals surface area contributed by atoms with E-state index in [1.165, 1.54) is 0 Å². The van der Waals surface area contributed by atoms with Crippen LogP contribution in [0.2, 0.25) is 0 Å². The number of hydrogen-bond donors (Lipinski definition) is 1. The number of fused-ring (bicyclic) bond motifs is 1. The molecule has 0 spiro atoms. The van der Waals surface area contributed by atoms with E-state index in [4.69, 9.17) is 0 Å². The van der Waals surface area contributed by atoms with Crippen molar-refractivity contribution in [1.82, 2.24) is 4.90 Å². The van der Waals surface area contributed by atoms with Gasteiger partial charge in [0.15, 0.2) is 0 Å².